The van der Waals surface area contributed by atoms with Crippen molar-refractivity contribution in [3.63, 3.8) is 0 Å². The first kappa shape index (κ1) is 21.8. The Bertz CT molecular complexity index is 828. The number of carbonyl (C=O) groups excluding carboxylic acids is 2. The van der Waals surface area contributed by atoms with Gasteiger partial charge in [-0.1, -0.05) is 18.5 Å². The summed E-state index contributed by atoms with van der Waals surface area (Å²) in [6.45, 7) is 5.44. The summed E-state index contributed by atoms with van der Waals surface area (Å²) in [7, 11) is 0. The smallest absolute Gasteiger partial charge is 0.254 e. The Hall–Kier alpha value is -2.87. The standard InChI is InChI=1S/C22H29N3O5/c1-3-4-11-28-18-9-7-17(8-10-18)22(27)25(14-19-6-5-12-29-19)15-21(26)23-20-13-16(2)30-24-20/h7-10,13,19H,3-6,11-12,14-15H2,1-2H3,(H,23,24,26). The van der Waals surface area contributed by atoms with Gasteiger partial charge in [0, 0.05) is 24.8 Å². The van der Waals surface area contributed by atoms with Gasteiger partial charge in [-0.3, -0.25) is 9.59 Å². The molecule has 2 aromatic rings. The maximum Gasteiger partial charge on any atom is 0.254 e. The second-order valence-electron chi connectivity index (χ2n) is 7.42. The van der Waals surface area contributed by atoms with E-state index in [1.807, 2.05) is 0 Å². The summed E-state index contributed by atoms with van der Waals surface area (Å²) in [6.07, 6.45) is 3.81. The first-order valence-corrected chi connectivity index (χ1v) is 10.4. The van der Waals surface area contributed by atoms with Crippen molar-refractivity contribution < 1.29 is 23.6 Å². The van der Waals surface area contributed by atoms with Crippen molar-refractivity contribution in [2.45, 2.75) is 45.6 Å². The van der Waals surface area contributed by atoms with Crippen LogP contribution in [-0.4, -0.2) is 54.3 Å². The monoisotopic (exact) mass is 415 g/mol. The van der Waals surface area contributed by atoms with Crippen LogP contribution in [0.25, 0.3) is 0 Å². The maximum atomic E-state index is 13.1. The van der Waals surface area contributed by atoms with Gasteiger partial charge in [-0.2, -0.15) is 0 Å². The number of aryl methyl sites for hydroxylation is 1. The number of amides is 2. The molecule has 3 rings (SSSR count). The molecule has 8 heteroatoms. The molecule has 1 fully saturated rings. The van der Waals surface area contributed by atoms with Crippen LogP contribution in [0.3, 0.4) is 0 Å². The first-order chi connectivity index (χ1) is 14.5. The highest BCUT2D eigenvalue weighted by Crippen LogP contribution is 2.18. The van der Waals surface area contributed by atoms with Crippen LogP contribution in [-0.2, 0) is 9.53 Å². The summed E-state index contributed by atoms with van der Waals surface area (Å²) in [4.78, 5) is 27.1. The molecule has 0 bridgehead atoms. The zero-order chi connectivity index (χ0) is 21.3. The number of aromatic nitrogens is 1. The summed E-state index contributed by atoms with van der Waals surface area (Å²) < 4.78 is 16.3. The molecule has 1 aromatic carbocycles. The molecular formula is C22H29N3O5. The predicted octanol–water partition coefficient (Wildman–Crippen LogP) is 3.42. The predicted molar refractivity (Wildman–Crippen MR) is 112 cm³/mol. The van der Waals surface area contributed by atoms with E-state index in [2.05, 4.69) is 17.4 Å². The molecule has 1 N–H and O–H groups in total. The van der Waals surface area contributed by atoms with Crippen molar-refractivity contribution in [1.82, 2.24) is 10.1 Å². The van der Waals surface area contributed by atoms with Crippen LogP contribution in [0.2, 0.25) is 0 Å². The molecule has 1 aromatic heterocycles. The molecule has 8 nitrogen and oxygen atoms in total. The lowest BCUT2D eigenvalue weighted by Crippen LogP contribution is -2.42. The van der Waals surface area contributed by atoms with Crippen LogP contribution in [0.1, 0.15) is 48.7 Å². The molecule has 1 aliphatic rings. The van der Waals surface area contributed by atoms with Gasteiger partial charge in [0.05, 0.1) is 12.7 Å². The number of hydrogen-bond donors (Lipinski definition) is 1. The average Bonchev–Trinajstić information content (AvgIpc) is 3.39. The van der Waals surface area contributed by atoms with Crippen molar-refractivity contribution in [3.8, 4) is 5.75 Å². The van der Waals surface area contributed by atoms with E-state index in [4.69, 9.17) is 14.0 Å². The Labute approximate surface area is 176 Å². The van der Waals surface area contributed by atoms with Crippen LogP contribution >= 0.6 is 0 Å². The van der Waals surface area contributed by atoms with Gasteiger partial charge in [0.2, 0.25) is 5.91 Å². The third-order valence-corrected chi connectivity index (χ3v) is 4.83. The Kier molecular flexibility index (Phi) is 7.84. The number of benzene rings is 1. The number of nitrogens with zero attached hydrogens (tertiary/aromatic N) is 2. The highest BCUT2D eigenvalue weighted by Gasteiger charge is 2.25. The fraction of sp³-hybridized carbons (Fsp3) is 0.500. The third-order valence-electron chi connectivity index (χ3n) is 4.83. The molecule has 1 aliphatic heterocycles. The molecule has 2 amide bonds. The molecule has 30 heavy (non-hydrogen) atoms. The average molecular weight is 415 g/mol. The molecule has 1 saturated heterocycles. The van der Waals surface area contributed by atoms with Crippen LogP contribution < -0.4 is 10.1 Å². The Morgan fingerprint density at radius 2 is 2.10 bits per heavy atom. The second kappa shape index (κ2) is 10.8. The lowest BCUT2D eigenvalue weighted by atomic mass is 10.1. The summed E-state index contributed by atoms with van der Waals surface area (Å²) in [5.74, 6) is 1.09. The number of hydrogen-bond acceptors (Lipinski definition) is 6. The van der Waals surface area contributed by atoms with Gasteiger partial charge in [0.25, 0.3) is 5.91 Å². The fourth-order valence-electron chi connectivity index (χ4n) is 3.25. The Morgan fingerprint density at radius 1 is 1.30 bits per heavy atom. The summed E-state index contributed by atoms with van der Waals surface area (Å²) in [5, 5.41) is 6.42. The van der Waals surface area contributed by atoms with E-state index in [0.29, 0.717) is 36.9 Å². The lowest BCUT2D eigenvalue weighted by molar-refractivity contribution is -0.117. The van der Waals surface area contributed by atoms with Gasteiger partial charge in [0.15, 0.2) is 5.82 Å². The number of nitrogens with one attached hydrogen (secondary N) is 1. The SMILES string of the molecule is CCCCOc1ccc(C(=O)N(CC(=O)Nc2cc(C)on2)CC2CCCO2)cc1. The Balaban J connectivity index is 1.65. The van der Waals surface area contributed by atoms with Gasteiger partial charge in [-0.05, 0) is 50.5 Å². The van der Waals surface area contributed by atoms with Crippen LogP contribution in [0.15, 0.2) is 34.9 Å². The van der Waals surface area contributed by atoms with E-state index in [-0.39, 0.29) is 24.5 Å². The highest BCUT2D eigenvalue weighted by atomic mass is 16.5. The van der Waals surface area contributed by atoms with Crippen molar-refractivity contribution in [2.24, 2.45) is 0 Å². The van der Waals surface area contributed by atoms with Crippen molar-refractivity contribution >= 4 is 17.6 Å². The van der Waals surface area contributed by atoms with E-state index in [1.54, 1.807) is 37.3 Å². The second-order valence-corrected chi connectivity index (χ2v) is 7.42. The van der Waals surface area contributed by atoms with E-state index >= 15 is 0 Å². The quantitative estimate of drug-likeness (QED) is 0.598. The van der Waals surface area contributed by atoms with Crippen molar-refractivity contribution in [1.29, 1.82) is 0 Å². The summed E-state index contributed by atoms with van der Waals surface area (Å²) in [6, 6.07) is 8.65. The van der Waals surface area contributed by atoms with Crippen LogP contribution in [0, 0.1) is 6.92 Å². The largest absolute Gasteiger partial charge is 0.494 e. The van der Waals surface area contributed by atoms with Crippen LogP contribution in [0.4, 0.5) is 5.82 Å². The van der Waals surface area contributed by atoms with E-state index < -0.39 is 0 Å². The zero-order valence-electron chi connectivity index (χ0n) is 17.6. The summed E-state index contributed by atoms with van der Waals surface area (Å²) >= 11 is 0. The van der Waals surface area contributed by atoms with E-state index in [0.717, 1.165) is 31.4 Å². The number of anilines is 1. The molecule has 0 spiro atoms. The molecule has 1 unspecified atom stereocenters. The number of rotatable bonds is 10. The van der Waals surface area contributed by atoms with Crippen molar-refractivity contribution in [3.05, 3.63) is 41.7 Å². The van der Waals surface area contributed by atoms with Gasteiger partial charge >= 0.3 is 0 Å². The minimum Gasteiger partial charge on any atom is -0.494 e. The number of ether oxygens (including phenoxy) is 2. The summed E-state index contributed by atoms with van der Waals surface area (Å²) in [5.41, 5.74) is 0.501. The molecule has 162 valence electrons. The molecular weight excluding hydrogens is 386 g/mol. The molecule has 1 atom stereocenters. The van der Waals surface area contributed by atoms with Crippen LogP contribution in [0.5, 0.6) is 5.75 Å². The number of carbonyl (C=O) groups is 2. The number of unbranched alkanes of at least 4 members (excludes halogenated alkanes) is 1. The molecule has 2 heterocycles. The topological polar surface area (TPSA) is 93.9 Å². The van der Waals surface area contributed by atoms with Crippen molar-refractivity contribution in [2.75, 3.05) is 31.6 Å². The molecule has 0 aliphatic carbocycles. The normalized spacial score (nSPS) is 15.7. The molecule has 0 saturated carbocycles. The zero-order valence-corrected chi connectivity index (χ0v) is 17.6. The highest BCUT2D eigenvalue weighted by molar-refractivity contribution is 5.99. The van der Waals surface area contributed by atoms with Gasteiger partial charge < -0.3 is 24.2 Å². The van der Waals surface area contributed by atoms with Gasteiger partial charge in [0.1, 0.15) is 18.1 Å². The van der Waals surface area contributed by atoms with Gasteiger partial charge in [-0.15, -0.1) is 0 Å². The van der Waals surface area contributed by atoms with E-state index in [9.17, 15) is 9.59 Å². The van der Waals surface area contributed by atoms with Gasteiger partial charge in [-0.25, -0.2) is 0 Å². The Morgan fingerprint density at radius 3 is 2.73 bits per heavy atom. The first-order valence-electron chi connectivity index (χ1n) is 10.4. The maximum absolute atomic E-state index is 13.1. The minimum atomic E-state index is -0.339. The minimum absolute atomic E-state index is 0.0623. The van der Waals surface area contributed by atoms with E-state index in [1.165, 1.54) is 4.90 Å². The fourth-order valence-corrected chi connectivity index (χ4v) is 3.25. The molecule has 0 radical (unpaired) electrons. The lowest BCUT2D eigenvalue weighted by Gasteiger charge is -2.25. The third kappa shape index (κ3) is 6.32.